The van der Waals surface area contributed by atoms with Crippen LogP contribution >= 0.6 is 0 Å². The fourth-order valence-electron chi connectivity index (χ4n) is 4.71. The zero-order valence-electron chi connectivity index (χ0n) is 13.4. The molecule has 1 saturated heterocycles. The van der Waals surface area contributed by atoms with Crippen molar-refractivity contribution >= 4 is 11.4 Å². The van der Waals surface area contributed by atoms with Crippen molar-refractivity contribution in [1.29, 1.82) is 0 Å². The Morgan fingerprint density at radius 1 is 1.00 bits per heavy atom. The number of para-hydroxylation sites is 1. The van der Waals surface area contributed by atoms with Gasteiger partial charge in [-0.1, -0.05) is 42.5 Å². The van der Waals surface area contributed by atoms with Gasteiger partial charge in [0, 0.05) is 38.1 Å². The Balaban J connectivity index is 1.53. The highest BCUT2D eigenvalue weighted by Crippen LogP contribution is 2.49. The lowest BCUT2D eigenvalue weighted by atomic mass is 9.90. The van der Waals surface area contributed by atoms with Crippen LogP contribution in [0.1, 0.15) is 23.5 Å². The van der Waals surface area contributed by atoms with Crippen LogP contribution < -0.4 is 15.1 Å². The van der Waals surface area contributed by atoms with Gasteiger partial charge >= 0.3 is 0 Å². The van der Waals surface area contributed by atoms with Gasteiger partial charge < -0.3 is 15.1 Å². The minimum absolute atomic E-state index is 0.676. The molecular formula is C20H23N3. The first kappa shape index (κ1) is 13.4. The minimum atomic E-state index is 0.676. The number of anilines is 2. The normalized spacial score (nSPS) is 25.2. The summed E-state index contributed by atoms with van der Waals surface area (Å²) in [6, 6.07) is 18.5. The van der Waals surface area contributed by atoms with Crippen LogP contribution in [-0.4, -0.2) is 32.2 Å². The largest absolute Gasteiger partial charge is 0.364 e. The molecule has 3 heterocycles. The molecular weight excluding hydrogens is 282 g/mol. The summed E-state index contributed by atoms with van der Waals surface area (Å²) < 4.78 is 0. The van der Waals surface area contributed by atoms with Crippen molar-refractivity contribution in [1.82, 2.24) is 5.32 Å². The topological polar surface area (TPSA) is 18.5 Å². The average molecular weight is 305 g/mol. The number of nitrogens with one attached hydrogen (secondary N) is 1. The maximum atomic E-state index is 3.59. The van der Waals surface area contributed by atoms with Crippen molar-refractivity contribution in [2.45, 2.75) is 24.9 Å². The first-order valence-corrected chi connectivity index (χ1v) is 8.81. The predicted octanol–water partition coefficient (Wildman–Crippen LogP) is 2.97. The quantitative estimate of drug-likeness (QED) is 0.920. The van der Waals surface area contributed by atoms with Gasteiger partial charge in [0.15, 0.2) is 0 Å². The third kappa shape index (κ3) is 2.07. The van der Waals surface area contributed by atoms with E-state index in [4.69, 9.17) is 0 Å². The van der Waals surface area contributed by atoms with Gasteiger partial charge in [-0.05, 0) is 30.2 Å². The highest BCUT2D eigenvalue weighted by atomic mass is 15.3. The van der Waals surface area contributed by atoms with Gasteiger partial charge in [-0.3, -0.25) is 0 Å². The molecule has 0 spiro atoms. The molecule has 2 atom stereocenters. The zero-order chi connectivity index (χ0) is 15.2. The molecule has 3 aliphatic heterocycles. The minimum Gasteiger partial charge on any atom is -0.364 e. The Bertz CT molecular complexity index is 712. The first-order chi connectivity index (χ1) is 11.4. The van der Waals surface area contributed by atoms with E-state index in [1.165, 1.54) is 23.4 Å². The fraction of sp³-hybridized carbons (Fsp3) is 0.400. The second-order valence-electron chi connectivity index (χ2n) is 6.98. The monoisotopic (exact) mass is 305 g/mol. The van der Waals surface area contributed by atoms with E-state index in [0.29, 0.717) is 12.0 Å². The van der Waals surface area contributed by atoms with Crippen molar-refractivity contribution in [2.24, 2.45) is 0 Å². The van der Waals surface area contributed by atoms with Crippen molar-refractivity contribution in [3.63, 3.8) is 0 Å². The molecule has 3 nitrogen and oxygen atoms in total. The predicted molar refractivity (Wildman–Crippen MR) is 95.3 cm³/mol. The first-order valence-electron chi connectivity index (χ1n) is 8.81. The second kappa shape index (κ2) is 5.27. The summed E-state index contributed by atoms with van der Waals surface area (Å²) in [5, 5.41) is 3.59. The second-order valence-corrected chi connectivity index (χ2v) is 6.98. The van der Waals surface area contributed by atoms with E-state index in [-0.39, 0.29) is 0 Å². The number of fused-ring (bicyclic) bond motifs is 3. The van der Waals surface area contributed by atoms with E-state index >= 15 is 0 Å². The van der Waals surface area contributed by atoms with E-state index in [0.717, 1.165) is 32.7 Å². The van der Waals surface area contributed by atoms with Crippen LogP contribution in [0.4, 0.5) is 11.4 Å². The number of benzene rings is 2. The lowest BCUT2D eigenvalue weighted by Gasteiger charge is -2.40. The van der Waals surface area contributed by atoms with Gasteiger partial charge in [-0.2, -0.15) is 0 Å². The Kier molecular flexibility index (Phi) is 3.08. The molecule has 5 rings (SSSR count). The molecule has 2 unspecified atom stereocenters. The molecule has 0 radical (unpaired) electrons. The zero-order valence-corrected chi connectivity index (χ0v) is 13.4. The fourth-order valence-corrected chi connectivity index (χ4v) is 4.71. The molecule has 0 saturated carbocycles. The van der Waals surface area contributed by atoms with Crippen LogP contribution in [0, 0.1) is 0 Å². The van der Waals surface area contributed by atoms with Crippen molar-refractivity contribution in [3.05, 3.63) is 59.7 Å². The molecule has 0 aliphatic carbocycles. The van der Waals surface area contributed by atoms with Crippen LogP contribution in [0.15, 0.2) is 48.5 Å². The molecule has 0 bridgehead atoms. The van der Waals surface area contributed by atoms with Gasteiger partial charge in [0.05, 0.1) is 11.4 Å². The molecule has 1 N–H and O–H groups in total. The van der Waals surface area contributed by atoms with Gasteiger partial charge in [0.2, 0.25) is 0 Å². The maximum absolute atomic E-state index is 3.59. The number of hydrogen-bond donors (Lipinski definition) is 1. The molecule has 0 amide bonds. The lowest BCUT2D eigenvalue weighted by molar-refractivity contribution is 0.402. The summed E-state index contributed by atoms with van der Waals surface area (Å²) >= 11 is 0. The Labute approximate surface area is 137 Å². The number of hydrogen-bond acceptors (Lipinski definition) is 3. The van der Waals surface area contributed by atoms with Crippen LogP contribution in [0.2, 0.25) is 0 Å². The van der Waals surface area contributed by atoms with Crippen molar-refractivity contribution in [2.75, 3.05) is 36.0 Å². The van der Waals surface area contributed by atoms with E-state index in [2.05, 4.69) is 63.6 Å². The molecule has 3 aliphatic rings. The summed E-state index contributed by atoms with van der Waals surface area (Å²) in [6.45, 7) is 5.60. The highest BCUT2D eigenvalue weighted by molar-refractivity contribution is 5.81. The van der Waals surface area contributed by atoms with Crippen molar-refractivity contribution in [3.8, 4) is 0 Å². The van der Waals surface area contributed by atoms with E-state index in [1.807, 2.05) is 0 Å². The Hall–Kier alpha value is -2.00. The number of nitrogens with zero attached hydrogens (tertiary/aromatic N) is 2. The van der Waals surface area contributed by atoms with E-state index < -0.39 is 0 Å². The summed E-state index contributed by atoms with van der Waals surface area (Å²) in [5.41, 5.74) is 5.92. The van der Waals surface area contributed by atoms with Gasteiger partial charge in [-0.15, -0.1) is 0 Å². The molecule has 118 valence electrons. The molecule has 2 aromatic rings. The average Bonchev–Trinajstić information content (AvgIpc) is 2.94. The third-order valence-corrected chi connectivity index (χ3v) is 5.75. The van der Waals surface area contributed by atoms with Gasteiger partial charge in [0.1, 0.15) is 0 Å². The Morgan fingerprint density at radius 3 is 2.83 bits per heavy atom. The molecule has 3 heteroatoms. The molecule has 2 aromatic carbocycles. The van der Waals surface area contributed by atoms with E-state index in [9.17, 15) is 0 Å². The van der Waals surface area contributed by atoms with Crippen LogP contribution in [-0.2, 0) is 6.54 Å². The maximum Gasteiger partial charge on any atom is 0.0644 e. The van der Waals surface area contributed by atoms with Gasteiger partial charge in [0.25, 0.3) is 0 Å². The number of piperidine rings is 1. The third-order valence-electron chi connectivity index (χ3n) is 5.75. The Morgan fingerprint density at radius 2 is 1.91 bits per heavy atom. The van der Waals surface area contributed by atoms with Crippen molar-refractivity contribution < 1.29 is 0 Å². The van der Waals surface area contributed by atoms with Crippen LogP contribution in [0.25, 0.3) is 0 Å². The van der Waals surface area contributed by atoms with E-state index in [1.54, 1.807) is 5.56 Å². The SMILES string of the molecule is c1ccc(CN2CCN3c4c(cccc42)C2CNCCC23)cc1. The summed E-state index contributed by atoms with van der Waals surface area (Å²) in [5.74, 6) is 0.676. The summed E-state index contributed by atoms with van der Waals surface area (Å²) in [6.07, 6.45) is 1.28. The van der Waals surface area contributed by atoms with Crippen LogP contribution in [0.3, 0.4) is 0 Å². The van der Waals surface area contributed by atoms with Crippen LogP contribution in [0.5, 0.6) is 0 Å². The molecule has 1 fully saturated rings. The summed E-state index contributed by atoms with van der Waals surface area (Å²) in [4.78, 5) is 5.27. The smallest absolute Gasteiger partial charge is 0.0644 e. The van der Waals surface area contributed by atoms with Gasteiger partial charge in [-0.25, -0.2) is 0 Å². The lowest BCUT2D eigenvalue weighted by Crippen LogP contribution is -2.48. The highest BCUT2D eigenvalue weighted by Gasteiger charge is 2.43. The summed E-state index contributed by atoms with van der Waals surface area (Å²) in [7, 11) is 0. The molecule has 23 heavy (non-hydrogen) atoms. The standard InChI is InChI=1S/C20H23N3/c1-2-5-15(6-3-1)14-22-11-12-23-18-9-10-21-13-17(18)16-7-4-8-19(22)20(16)23/h1-8,17-18,21H,9-14H2. The molecule has 0 aromatic heterocycles. The number of rotatable bonds is 2.